The van der Waals surface area contributed by atoms with Gasteiger partial charge in [0.15, 0.2) is 0 Å². The van der Waals surface area contributed by atoms with Crippen LogP contribution in [0.3, 0.4) is 0 Å². The monoisotopic (exact) mass is 364 g/mol. The zero-order valence-corrected chi connectivity index (χ0v) is 16.1. The van der Waals surface area contributed by atoms with Gasteiger partial charge in [0, 0.05) is 31.9 Å². The van der Waals surface area contributed by atoms with E-state index in [1.807, 2.05) is 11.2 Å². The summed E-state index contributed by atoms with van der Waals surface area (Å²) in [4.78, 5) is 28.1. The molecule has 0 spiro atoms. The Bertz CT molecular complexity index is 615. The Labute approximate surface area is 154 Å². The largest absolute Gasteiger partial charge is 0.368 e. The molecule has 2 rings (SSSR count). The molecule has 1 aliphatic rings. The standard InChI is InChI=1S/C18H28N4O2S/c1-13-5-4-6-16(14(13)2)21-8-10-22(11-9-21)17(23)15(7-12-25-3)20-18(19)24/h4-6,15H,7-12H2,1-3H3,(H3,19,20,24). The molecule has 1 aromatic rings. The van der Waals surface area contributed by atoms with Crippen molar-refractivity contribution in [2.75, 3.05) is 43.1 Å². The van der Waals surface area contributed by atoms with Gasteiger partial charge in [-0.2, -0.15) is 11.8 Å². The number of piperazine rings is 1. The first-order valence-corrected chi connectivity index (χ1v) is 9.98. The summed E-state index contributed by atoms with van der Waals surface area (Å²) in [6.45, 7) is 7.15. The van der Waals surface area contributed by atoms with Crippen molar-refractivity contribution in [3.63, 3.8) is 0 Å². The molecule has 0 bridgehead atoms. The summed E-state index contributed by atoms with van der Waals surface area (Å²) < 4.78 is 0. The van der Waals surface area contributed by atoms with Gasteiger partial charge in [-0.1, -0.05) is 12.1 Å². The van der Waals surface area contributed by atoms with Crippen LogP contribution in [0, 0.1) is 13.8 Å². The third-order valence-corrected chi connectivity index (χ3v) is 5.38. The topological polar surface area (TPSA) is 78.7 Å². The SMILES string of the molecule is CSCCC(NC(N)=O)C(=O)N1CCN(c2cccc(C)c2C)CC1. The molecule has 3 N–H and O–H groups in total. The summed E-state index contributed by atoms with van der Waals surface area (Å²) in [5.74, 6) is 0.771. The maximum atomic E-state index is 12.7. The van der Waals surface area contributed by atoms with Gasteiger partial charge >= 0.3 is 6.03 Å². The third kappa shape index (κ3) is 5.04. The van der Waals surface area contributed by atoms with E-state index in [1.165, 1.54) is 16.8 Å². The quantitative estimate of drug-likeness (QED) is 0.806. The van der Waals surface area contributed by atoms with Gasteiger partial charge in [-0.25, -0.2) is 4.79 Å². The number of aryl methyl sites for hydroxylation is 1. The van der Waals surface area contributed by atoms with Gasteiger partial charge in [0.05, 0.1) is 0 Å². The van der Waals surface area contributed by atoms with Crippen LogP contribution >= 0.6 is 11.8 Å². The highest BCUT2D eigenvalue weighted by Gasteiger charge is 2.28. The van der Waals surface area contributed by atoms with Crippen LogP contribution in [0.4, 0.5) is 10.5 Å². The predicted molar refractivity (Wildman–Crippen MR) is 104 cm³/mol. The number of urea groups is 1. The normalized spacial score (nSPS) is 15.8. The second kappa shape index (κ2) is 8.99. The summed E-state index contributed by atoms with van der Waals surface area (Å²) >= 11 is 1.65. The number of nitrogens with one attached hydrogen (secondary N) is 1. The molecule has 1 aliphatic heterocycles. The van der Waals surface area contributed by atoms with Gasteiger partial charge in [-0.15, -0.1) is 0 Å². The fourth-order valence-corrected chi connectivity index (χ4v) is 3.60. The molecule has 0 radical (unpaired) electrons. The zero-order chi connectivity index (χ0) is 18.4. The minimum atomic E-state index is -0.645. The predicted octanol–water partition coefficient (Wildman–Crippen LogP) is 1.74. The number of thioether (sulfide) groups is 1. The van der Waals surface area contributed by atoms with E-state index in [1.54, 1.807) is 11.8 Å². The third-order valence-electron chi connectivity index (χ3n) is 4.73. The van der Waals surface area contributed by atoms with E-state index >= 15 is 0 Å². The Kier molecular flexibility index (Phi) is 6.99. The molecule has 1 unspecified atom stereocenters. The number of hydrogen-bond donors (Lipinski definition) is 2. The first kappa shape index (κ1) is 19.4. The van der Waals surface area contributed by atoms with Crippen molar-refractivity contribution in [1.29, 1.82) is 0 Å². The highest BCUT2D eigenvalue weighted by molar-refractivity contribution is 7.98. The molecular formula is C18H28N4O2S. The van der Waals surface area contributed by atoms with Crippen LogP contribution in [0.15, 0.2) is 18.2 Å². The molecule has 1 aromatic carbocycles. The number of carbonyl (C=O) groups is 2. The minimum absolute atomic E-state index is 0.0338. The number of anilines is 1. The molecule has 1 atom stereocenters. The summed E-state index contributed by atoms with van der Waals surface area (Å²) in [6, 6.07) is 5.15. The van der Waals surface area contributed by atoms with Crippen LogP contribution in [0.25, 0.3) is 0 Å². The lowest BCUT2D eigenvalue weighted by atomic mass is 10.1. The van der Waals surface area contributed by atoms with E-state index in [9.17, 15) is 9.59 Å². The van der Waals surface area contributed by atoms with Gasteiger partial charge in [-0.05, 0) is 49.5 Å². The van der Waals surface area contributed by atoms with Gasteiger partial charge < -0.3 is 20.9 Å². The number of carbonyl (C=O) groups excluding carboxylic acids is 2. The van der Waals surface area contributed by atoms with E-state index in [-0.39, 0.29) is 5.91 Å². The van der Waals surface area contributed by atoms with Crippen LogP contribution in [-0.2, 0) is 4.79 Å². The molecule has 1 saturated heterocycles. The lowest BCUT2D eigenvalue weighted by molar-refractivity contribution is -0.133. The molecule has 6 nitrogen and oxygen atoms in total. The maximum Gasteiger partial charge on any atom is 0.312 e. The van der Waals surface area contributed by atoms with E-state index in [0.29, 0.717) is 19.5 Å². The maximum absolute atomic E-state index is 12.7. The zero-order valence-electron chi connectivity index (χ0n) is 15.2. The lowest BCUT2D eigenvalue weighted by Crippen LogP contribution is -2.56. The van der Waals surface area contributed by atoms with Gasteiger partial charge in [0.1, 0.15) is 6.04 Å². The summed E-state index contributed by atoms with van der Waals surface area (Å²) in [5.41, 5.74) is 9.03. The number of amides is 3. The lowest BCUT2D eigenvalue weighted by Gasteiger charge is -2.38. The van der Waals surface area contributed by atoms with Crippen molar-refractivity contribution in [3.05, 3.63) is 29.3 Å². The van der Waals surface area contributed by atoms with E-state index in [4.69, 9.17) is 5.73 Å². The molecule has 1 heterocycles. The molecule has 3 amide bonds. The number of nitrogens with two attached hydrogens (primary N) is 1. The average Bonchev–Trinajstić information content (AvgIpc) is 2.60. The minimum Gasteiger partial charge on any atom is -0.368 e. The Morgan fingerprint density at radius 3 is 2.52 bits per heavy atom. The number of benzene rings is 1. The van der Waals surface area contributed by atoms with Crippen molar-refractivity contribution in [1.82, 2.24) is 10.2 Å². The Morgan fingerprint density at radius 2 is 1.92 bits per heavy atom. The molecule has 0 aromatic heterocycles. The summed E-state index contributed by atoms with van der Waals surface area (Å²) in [7, 11) is 0. The molecule has 7 heteroatoms. The average molecular weight is 365 g/mol. The van der Waals surface area contributed by atoms with Crippen LogP contribution in [0.5, 0.6) is 0 Å². The second-order valence-electron chi connectivity index (χ2n) is 6.37. The van der Waals surface area contributed by atoms with Crippen molar-refractivity contribution in [2.24, 2.45) is 5.73 Å². The molecule has 25 heavy (non-hydrogen) atoms. The fourth-order valence-electron chi connectivity index (χ4n) is 3.13. The second-order valence-corrected chi connectivity index (χ2v) is 7.36. The number of primary amides is 1. The highest BCUT2D eigenvalue weighted by atomic mass is 32.2. The van der Waals surface area contributed by atoms with Crippen molar-refractivity contribution < 1.29 is 9.59 Å². The first-order valence-electron chi connectivity index (χ1n) is 8.59. The molecule has 0 saturated carbocycles. The molecule has 1 fully saturated rings. The number of nitrogens with zero attached hydrogens (tertiary/aromatic N) is 2. The Hall–Kier alpha value is -1.89. The van der Waals surface area contributed by atoms with Crippen molar-refractivity contribution >= 4 is 29.4 Å². The summed E-state index contributed by atoms with van der Waals surface area (Å²) in [6.07, 6.45) is 2.58. The van der Waals surface area contributed by atoms with Gasteiger partial charge in [0.25, 0.3) is 0 Å². The molecule has 138 valence electrons. The summed E-state index contributed by atoms with van der Waals surface area (Å²) in [5, 5.41) is 2.59. The number of hydrogen-bond acceptors (Lipinski definition) is 4. The van der Waals surface area contributed by atoms with Crippen molar-refractivity contribution in [2.45, 2.75) is 26.3 Å². The van der Waals surface area contributed by atoms with Crippen LogP contribution in [0.2, 0.25) is 0 Å². The van der Waals surface area contributed by atoms with Crippen LogP contribution < -0.4 is 16.0 Å². The van der Waals surface area contributed by atoms with E-state index in [2.05, 4.69) is 42.3 Å². The Balaban J connectivity index is 1.98. The van der Waals surface area contributed by atoms with E-state index in [0.717, 1.165) is 18.8 Å². The fraction of sp³-hybridized carbons (Fsp3) is 0.556. The van der Waals surface area contributed by atoms with Gasteiger partial charge in [0.2, 0.25) is 5.91 Å². The van der Waals surface area contributed by atoms with Gasteiger partial charge in [-0.3, -0.25) is 4.79 Å². The van der Waals surface area contributed by atoms with E-state index < -0.39 is 12.1 Å². The Morgan fingerprint density at radius 1 is 1.24 bits per heavy atom. The smallest absolute Gasteiger partial charge is 0.312 e. The van der Waals surface area contributed by atoms with Crippen molar-refractivity contribution in [3.8, 4) is 0 Å². The number of rotatable bonds is 6. The highest BCUT2D eigenvalue weighted by Crippen LogP contribution is 2.24. The molecular weight excluding hydrogens is 336 g/mol. The molecule has 0 aliphatic carbocycles. The van der Waals surface area contributed by atoms with Crippen LogP contribution in [0.1, 0.15) is 17.5 Å². The van der Waals surface area contributed by atoms with Crippen LogP contribution in [-0.4, -0.2) is 61.1 Å². The first-order chi connectivity index (χ1) is 11.9.